The summed E-state index contributed by atoms with van der Waals surface area (Å²) in [7, 11) is 3.36. The highest BCUT2D eigenvalue weighted by atomic mass is 79.9. The first kappa shape index (κ1) is 16.6. The Kier molecular flexibility index (Phi) is 6.80. The van der Waals surface area contributed by atoms with Gasteiger partial charge in [-0.05, 0) is 37.2 Å². The number of hydrogen-bond acceptors (Lipinski definition) is 4. The first-order chi connectivity index (χ1) is 10.3. The van der Waals surface area contributed by atoms with Crippen molar-refractivity contribution in [2.45, 2.75) is 13.0 Å². The molecule has 0 N–H and O–H groups in total. The van der Waals surface area contributed by atoms with Crippen LogP contribution in [0.3, 0.4) is 0 Å². The standard InChI is InChI=1S/C16H25BrN2O2/c1-20-15-5-4-14(12-16(15)21-2)13-19-8-3-7-18(9-6-17)10-11-19/h4-5,12H,3,6-11,13H2,1-2H3. The van der Waals surface area contributed by atoms with Crippen molar-refractivity contribution in [2.75, 3.05) is 52.3 Å². The molecule has 1 aliphatic heterocycles. The smallest absolute Gasteiger partial charge is 0.161 e. The molecule has 1 aromatic carbocycles. The fraction of sp³-hybridized carbons (Fsp3) is 0.625. The predicted molar refractivity (Wildman–Crippen MR) is 89.7 cm³/mol. The van der Waals surface area contributed by atoms with Gasteiger partial charge in [0.25, 0.3) is 0 Å². The molecule has 0 saturated carbocycles. The quantitative estimate of drug-likeness (QED) is 0.731. The second-order valence-electron chi connectivity index (χ2n) is 5.35. The van der Waals surface area contributed by atoms with E-state index in [1.807, 2.05) is 6.07 Å². The summed E-state index contributed by atoms with van der Waals surface area (Å²) < 4.78 is 10.7. The fourth-order valence-corrected chi connectivity index (χ4v) is 3.26. The van der Waals surface area contributed by atoms with Gasteiger partial charge in [0.2, 0.25) is 0 Å². The van der Waals surface area contributed by atoms with Crippen LogP contribution < -0.4 is 9.47 Å². The fourth-order valence-electron chi connectivity index (χ4n) is 2.76. The van der Waals surface area contributed by atoms with E-state index in [1.165, 1.54) is 18.5 Å². The largest absolute Gasteiger partial charge is 0.493 e. The van der Waals surface area contributed by atoms with Crippen molar-refractivity contribution in [3.8, 4) is 11.5 Å². The summed E-state index contributed by atoms with van der Waals surface area (Å²) in [6, 6.07) is 6.20. The van der Waals surface area contributed by atoms with Crippen molar-refractivity contribution in [3.63, 3.8) is 0 Å². The highest BCUT2D eigenvalue weighted by Gasteiger charge is 2.15. The molecule has 0 atom stereocenters. The minimum atomic E-state index is 0.792. The van der Waals surface area contributed by atoms with Gasteiger partial charge in [-0.25, -0.2) is 0 Å². The van der Waals surface area contributed by atoms with E-state index >= 15 is 0 Å². The van der Waals surface area contributed by atoms with Crippen LogP contribution >= 0.6 is 15.9 Å². The number of rotatable bonds is 6. The van der Waals surface area contributed by atoms with Gasteiger partial charge >= 0.3 is 0 Å². The van der Waals surface area contributed by atoms with Gasteiger partial charge in [-0.3, -0.25) is 4.90 Å². The number of ether oxygens (including phenoxy) is 2. The summed E-state index contributed by atoms with van der Waals surface area (Å²) in [5.74, 6) is 1.60. The molecule has 0 unspecified atom stereocenters. The predicted octanol–water partition coefficient (Wildman–Crippen LogP) is 2.61. The van der Waals surface area contributed by atoms with Crippen molar-refractivity contribution in [1.29, 1.82) is 0 Å². The zero-order valence-corrected chi connectivity index (χ0v) is 14.6. The molecule has 1 aromatic rings. The Balaban J connectivity index is 1.95. The normalized spacial score (nSPS) is 17.5. The van der Waals surface area contributed by atoms with Crippen molar-refractivity contribution >= 4 is 15.9 Å². The molecule has 4 nitrogen and oxygen atoms in total. The van der Waals surface area contributed by atoms with Crippen LogP contribution in [0.15, 0.2) is 18.2 Å². The lowest BCUT2D eigenvalue weighted by Crippen LogP contribution is -2.31. The van der Waals surface area contributed by atoms with Crippen molar-refractivity contribution in [2.24, 2.45) is 0 Å². The Morgan fingerprint density at radius 3 is 2.43 bits per heavy atom. The first-order valence-corrected chi connectivity index (χ1v) is 8.60. The van der Waals surface area contributed by atoms with Gasteiger partial charge in [-0.15, -0.1) is 0 Å². The third kappa shape index (κ3) is 4.87. The number of alkyl halides is 1. The average Bonchev–Trinajstić information content (AvgIpc) is 2.73. The van der Waals surface area contributed by atoms with Gasteiger partial charge in [-0.1, -0.05) is 22.0 Å². The van der Waals surface area contributed by atoms with E-state index in [0.717, 1.165) is 49.6 Å². The zero-order valence-electron chi connectivity index (χ0n) is 13.0. The second kappa shape index (κ2) is 8.61. The van der Waals surface area contributed by atoms with Crippen molar-refractivity contribution in [1.82, 2.24) is 9.80 Å². The summed E-state index contributed by atoms with van der Waals surface area (Å²) in [5, 5.41) is 1.06. The minimum Gasteiger partial charge on any atom is -0.493 e. The average molecular weight is 357 g/mol. The van der Waals surface area contributed by atoms with E-state index in [-0.39, 0.29) is 0 Å². The first-order valence-electron chi connectivity index (χ1n) is 7.48. The summed E-state index contributed by atoms with van der Waals surface area (Å²) >= 11 is 3.53. The highest BCUT2D eigenvalue weighted by molar-refractivity contribution is 9.09. The molecular formula is C16H25BrN2O2. The van der Waals surface area contributed by atoms with E-state index in [1.54, 1.807) is 14.2 Å². The van der Waals surface area contributed by atoms with Gasteiger partial charge < -0.3 is 14.4 Å². The topological polar surface area (TPSA) is 24.9 Å². The molecule has 21 heavy (non-hydrogen) atoms. The number of methoxy groups -OCH3 is 2. The Bertz CT molecular complexity index is 442. The van der Waals surface area contributed by atoms with Gasteiger partial charge in [0, 0.05) is 31.5 Å². The molecule has 0 aliphatic carbocycles. The van der Waals surface area contributed by atoms with Crippen molar-refractivity contribution < 1.29 is 9.47 Å². The minimum absolute atomic E-state index is 0.792. The van der Waals surface area contributed by atoms with Crippen LogP contribution in [0.2, 0.25) is 0 Å². The summed E-state index contributed by atoms with van der Waals surface area (Å²) in [6.07, 6.45) is 1.24. The van der Waals surface area contributed by atoms with Gasteiger partial charge in [0.15, 0.2) is 11.5 Å². The van der Waals surface area contributed by atoms with Crippen LogP contribution in [0.25, 0.3) is 0 Å². The maximum absolute atomic E-state index is 5.38. The summed E-state index contributed by atoms with van der Waals surface area (Å²) in [5.41, 5.74) is 1.28. The molecule has 0 amide bonds. The molecule has 1 saturated heterocycles. The van der Waals surface area contributed by atoms with Crippen LogP contribution in [-0.2, 0) is 6.54 Å². The molecule has 0 radical (unpaired) electrons. The molecule has 0 aromatic heterocycles. The maximum Gasteiger partial charge on any atom is 0.161 e. The van der Waals surface area contributed by atoms with Crippen LogP contribution in [0.1, 0.15) is 12.0 Å². The number of halogens is 1. The molecular weight excluding hydrogens is 332 g/mol. The Labute approximate surface area is 136 Å². The van der Waals surface area contributed by atoms with Crippen LogP contribution in [0, 0.1) is 0 Å². The van der Waals surface area contributed by atoms with E-state index < -0.39 is 0 Å². The number of benzene rings is 1. The molecule has 0 spiro atoms. The third-order valence-corrected chi connectivity index (χ3v) is 4.29. The number of nitrogens with zero attached hydrogens (tertiary/aromatic N) is 2. The third-order valence-electron chi connectivity index (χ3n) is 3.94. The second-order valence-corrected chi connectivity index (χ2v) is 6.14. The van der Waals surface area contributed by atoms with E-state index in [0.29, 0.717) is 0 Å². The van der Waals surface area contributed by atoms with E-state index in [2.05, 4.69) is 37.9 Å². The summed E-state index contributed by atoms with van der Waals surface area (Å²) in [4.78, 5) is 5.05. The number of hydrogen-bond donors (Lipinski definition) is 0. The molecule has 0 bridgehead atoms. The van der Waals surface area contributed by atoms with Crippen molar-refractivity contribution in [3.05, 3.63) is 23.8 Å². The SMILES string of the molecule is COc1ccc(CN2CCCN(CCBr)CC2)cc1OC. The van der Waals surface area contributed by atoms with E-state index in [9.17, 15) is 0 Å². The lowest BCUT2D eigenvalue weighted by Gasteiger charge is -2.21. The Hall–Kier alpha value is -0.780. The molecule has 118 valence electrons. The van der Waals surface area contributed by atoms with Gasteiger partial charge in [0.05, 0.1) is 14.2 Å². The van der Waals surface area contributed by atoms with Crippen LogP contribution in [0.5, 0.6) is 11.5 Å². The Morgan fingerprint density at radius 1 is 1.00 bits per heavy atom. The van der Waals surface area contributed by atoms with Gasteiger partial charge in [0.1, 0.15) is 0 Å². The highest BCUT2D eigenvalue weighted by Crippen LogP contribution is 2.28. The summed E-state index contributed by atoms with van der Waals surface area (Å²) in [6.45, 7) is 6.76. The molecule has 1 aliphatic rings. The van der Waals surface area contributed by atoms with Crippen LogP contribution in [0.4, 0.5) is 0 Å². The zero-order chi connectivity index (χ0) is 15.1. The Morgan fingerprint density at radius 2 is 1.71 bits per heavy atom. The molecule has 1 heterocycles. The van der Waals surface area contributed by atoms with Gasteiger partial charge in [-0.2, -0.15) is 0 Å². The lowest BCUT2D eigenvalue weighted by molar-refractivity contribution is 0.258. The maximum atomic E-state index is 5.38. The molecule has 2 rings (SSSR count). The van der Waals surface area contributed by atoms with Crippen LogP contribution in [-0.4, -0.2) is 62.1 Å². The lowest BCUT2D eigenvalue weighted by atomic mass is 10.2. The molecule has 1 fully saturated rings. The monoisotopic (exact) mass is 356 g/mol. The van der Waals surface area contributed by atoms with E-state index in [4.69, 9.17) is 9.47 Å². The molecule has 5 heteroatoms.